The van der Waals surface area contributed by atoms with E-state index in [0.29, 0.717) is 4.99 Å². The Morgan fingerprint density at radius 2 is 1.67 bits per heavy atom. The molecule has 0 saturated heterocycles. The smallest absolute Gasteiger partial charge is 0.319 e. The highest BCUT2D eigenvalue weighted by molar-refractivity contribution is 7.81. The summed E-state index contributed by atoms with van der Waals surface area (Å²) in [5, 5.41) is 11.4. The number of benzene rings is 3. The van der Waals surface area contributed by atoms with Gasteiger partial charge < -0.3 is 16.0 Å². The van der Waals surface area contributed by atoms with Gasteiger partial charge in [0.15, 0.2) is 0 Å². The van der Waals surface area contributed by atoms with Gasteiger partial charge in [0.1, 0.15) is 4.99 Å². The molecule has 4 rings (SSSR count). The molecule has 0 aliphatic carbocycles. The van der Waals surface area contributed by atoms with Gasteiger partial charge in [0.05, 0.1) is 6.04 Å². The zero-order valence-electron chi connectivity index (χ0n) is 14.8. The summed E-state index contributed by atoms with van der Waals surface area (Å²) in [7, 11) is 0. The predicted molar refractivity (Wildman–Crippen MR) is 114 cm³/mol. The third-order valence-corrected chi connectivity index (χ3v) is 5.00. The minimum Gasteiger partial charge on any atom is -0.346 e. The quantitative estimate of drug-likeness (QED) is 0.572. The van der Waals surface area contributed by atoms with Crippen LogP contribution in [-0.4, -0.2) is 11.0 Å². The van der Waals surface area contributed by atoms with Crippen LogP contribution in [0.3, 0.4) is 0 Å². The number of carbonyl (C=O) groups excluding carboxylic acids is 1. The molecule has 0 saturated carbocycles. The number of urea groups is 1. The van der Waals surface area contributed by atoms with Crippen LogP contribution in [0.25, 0.3) is 10.8 Å². The van der Waals surface area contributed by atoms with E-state index < -0.39 is 0 Å². The maximum absolute atomic E-state index is 12.2. The number of amides is 2. The number of fused-ring (bicyclic) bond motifs is 1. The summed E-state index contributed by atoms with van der Waals surface area (Å²) in [6, 6.07) is 23.5. The standard InChI is InChI=1S/C22H19N3OS/c1-14-19(21(27)24-16-10-3-2-4-11-16)20(25-22(26)23-14)18-13-7-9-15-8-5-6-12-17(15)18/h2-13,20H,1H3,(H,24,27)(H2,23,25,26)/t20-/m0/s1. The minimum absolute atomic E-state index is 0.225. The Morgan fingerprint density at radius 1 is 0.963 bits per heavy atom. The van der Waals surface area contributed by atoms with E-state index in [9.17, 15) is 4.79 Å². The van der Waals surface area contributed by atoms with Gasteiger partial charge in [-0.2, -0.15) is 0 Å². The molecule has 4 nitrogen and oxygen atoms in total. The summed E-state index contributed by atoms with van der Waals surface area (Å²) in [6.45, 7) is 1.88. The average Bonchev–Trinajstić information content (AvgIpc) is 2.67. The molecule has 0 radical (unpaired) electrons. The lowest BCUT2D eigenvalue weighted by Crippen LogP contribution is -2.45. The summed E-state index contributed by atoms with van der Waals surface area (Å²) in [5.74, 6) is 0. The zero-order valence-corrected chi connectivity index (χ0v) is 15.6. The monoisotopic (exact) mass is 373 g/mol. The second-order valence-electron chi connectivity index (χ2n) is 6.46. The van der Waals surface area contributed by atoms with E-state index in [4.69, 9.17) is 12.2 Å². The molecular formula is C22H19N3OS. The van der Waals surface area contributed by atoms with Crippen LogP contribution in [0.2, 0.25) is 0 Å². The third-order valence-electron chi connectivity index (χ3n) is 4.68. The number of thiocarbonyl (C=S) groups is 1. The van der Waals surface area contributed by atoms with Gasteiger partial charge >= 0.3 is 6.03 Å². The second kappa shape index (κ2) is 7.21. The lowest BCUT2D eigenvalue weighted by Gasteiger charge is -2.30. The molecule has 1 aliphatic rings. The van der Waals surface area contributed by atoms with Gasteiger partial charge in [-0.3, -0.25) is 0 Å². The van der Waals surface area contributed by atoms with Crippen LogP contribution in [0, 0.1) is 0 Å². The highest BCUT2D eigenvalue weighted by Crippen LogP contribution is 2.32. The van der Waals surface area contributed by atoms with Gasteiger partial charge in [0, 0.05) is 17.0 Å². The Balaban J connectivity index is 1.78. The van der Waals surface area contributed by atoms with Gasteiger partial charge in [0.2, 0.25) is 0 Å². The fourth-order valence-corrected chi connectivity index (χ4v) is 3.84. The lowest BCUT2D eigenvalue weighted by atomic mass is 9.91. The van der Waals surface area contributed by atoms with Crippen molar-refractivity contribution < 1.29 is 4.79 Å². The van der Waals surface area contributed by atoms with Crippen LogP contribution in [-0.2, 0) is 0 Å². The van der Waals surface area contributed by atoms with Crippen molar-refractivity contribution in [2.75, 3.05) is 5.32 Å². The largest absolute Gasteiger partial charge is 0.346 e. The minimum atomic E-state index is -0.325. The summed E-state index contributed by atoms with van der Waals surface area (Å²) in [4.78, 5) is 12.8. The Hall–Kier alpha value is -3.18. The lowest BCUT2D eigenvalue weighted by molar-refractivity contribution is 0.239. The summed E-state index contributed by atoms with van der Waals surface area (Å²) >= 11 is 5.71. The number of nitrogens with one attached hydrogen (secondary N) is 3. The number of rotatable bonds is 3. The van der Waals surface area contributed by atoms with E-state index in [1.54, 1.807) is 0 Å². The van der Waals surface area contributed by atoms with E-state index in [1.807, 2.05) is 61.5 Å². The zero-order chi connectivity index (χ0) is 18.8. The summed E-state index contributed by atoms with van der Waals surface area (Å²) < 4.78 is 0. The fourth-order valence-electron chi connectivity index (χ4n) is 3.45. The molecule has 3 aromatic rings. The molecule has 0 unspecified atom stereocenters. The molecule has 134 valence electrons. The van der Waals surface area contributed by atoms with Gasteiger partial charge in [0.25, 0.3) is 0 Å². The predicted octanol–water partition coefficient (Wildman–Crippen LogP) is 4.91. The SMILES string of the molecule is CC1=C(C(=S)Nc2ccccc2)[C@H](c2cccc3ccccc23)NC(=O)N1. The Bertz CT molecular complexity index is 1050. The highest BCUT2D eigenvalue weighted by atomic mass is 32.1. The van der Waals surface area contributed by atoms with Crippen molar-refractivity contribution in [1.29, 1.82) is 0 Å². The average molecular weight is 373 g/mol. The van der Waals surface area contributed by atoms with Gasteiger partial charge in [-0.15, -0.1) is 0 Å². The molecule has 0 fully saturated rings. The normalized spacial score (nSPS) is 16.6. The molecule has 1 atom stereocenters. The molecule has 0 aromatic heterocycles. The Labute approximate surface area is 163 Å². The van der Waals surface area contributed by atoms with E-state index in [0.717, 1.165) is 33.3 Å². The molecule has 3 N–H and O–H groups in total. The first-order valence-corrected chi connectivity index (χ1v) is 9.16. The number of anilines is 1. The Kier molecular flexibility index (Phi) is 4.60. The van der Waals surface area contributed by atoms with Crippen LogP contribution < -0.4 is 16.0 Å². The van der Waals surface area contributed by atoms with Crippen LogP contribution >= 0.6 is 12.2 Å². The maximum atomic E-state index is 12.2. The van der Waals surface area contributed by atoms with Crippen LogP contribution in [0.15, 0.2) is 84.1 Å². The molecule has 2 amide bonds. The van der Waals surface area contributed by atoms with Gasteiger partial charge in [-0.25, -0.2) is 4.79 Å². The first-order valence-electron chi connectivity index (χ1n) is 8.76. The maximum Gasteiger partial charge on any atom is 0.319 e. The summed E-state index contributed by atoms with van der Waals surface area (Å²) in [6.07, 6.45) is 0. The van der Waals surface area contributed by atoms with Crippen molar-refractivity contribution >= 4 is 39.7 Å². The molecule has 3 aromatic carbocycles. The Morgan fingerprint density at radius 3 is 2.48 bits per heavy atom. The third kappa shape index (κ3) is 3.41. The van der Waals surface area contributed by atoms with Crippen molar-refractivity contribution in [1.82, 2.24) is 10.6 Å². The number of allylic oxidation sites excluding steroid dienone is 1. The van der Waals surface area contributed by atoms with Crippen molar-refractivity contribution in [3.05, 3.63) is 89.6 Å². The molecule has 27 heavy (non-hydrogen) atoms. The fraction of sp³-hybridized carbons (Fsp3) is 0.0909. The number of hydrogen-bond donors (Lipinski definition) is 3. The van der Waals surface area contributed by atoms with Gasteiger partial charge in [-0.05, 0) is 35.4 Å². The van der Waals surface area contributed by atoms with Crippen LogP contribution in [0.4, 0.5) is 10.5 Å². The van der Waals surface area contributed by atoms with E-state index in [1.165, 1.54) is 0 Å². The first kappa shape index (κ1) is 17.2. The number of carbonyl (C=O) groups is 1. The topological polar surface area (TPSA) is 53.2 Å². The van der Waals surface area contributed by atoms with Crippen molar-refractivity contribution in [3.8, 4) is 0 Å². The first-order chi connectivity index (χ1) is 13.1. The van der Waals surface area contributed by atoms with Crippen LogP contribution in [0.1, 0.15) is 18.5 Å². The van der Waals surface area contributed by atoms with Crippen LogP contribution in [0.5, 0.6) is 0 Å². The second-order valence-corrected chi connectivity index (χ2v) is 6.87. The summed E-state index contributed by atoms with van der Waals surface area (Å²) in [5.41, 5.74) is 3.56. The number of para-hydroxylation sites is 1. The van der Waals surface area contributed by atoms with Gasteiger partial charge in [-0.1, -0.05) is 72.9 Å². The van der Waals surface area contributed by atoms with E-state index in [-0.39, 0.29) is 12.1 Å². The highest BCUT2D eigenvalue weighted by Gasteiger charge is 2.30. The molecule has 1 heterocycles. The molecule has 1 aliphatic heterocycles. The molecule has 0 spiro atoms. The number of hydrogen-bond acceptors (Lipinski definition) is 2. The van der Waals surface area contributed by atoms with E-state index in [2.05, 4.69) is 34.1 Å². The molecule has 5 heteroatoms. The van der Waals surface area contributed by atoms with Crippen molar-refractivity contribution in [2.45, 2.75) is 13.0 Å². The molecule has 0 bridgehead atoms. The van der Waals surface area contributed by atoms with Crippen molar-refractivity contribution in [3.63, 3.8) is 0 Å². The van der Waals surface area contributed by atoms with Crippen molar-refractivity contribution in [2.24, 2.45) is 0 Å². The molecular weight excluding hydrogens is 354 g/mol. The van der Waals surface area contributed by atoms with E-state index >= 15 is 0 Å².